The number of hydrogen-bond acceptors (Lipinski definition) is 6. The van der Waals surface area contributed by atoms with E-state index in [1.807, 2.05) is 30.3 Å². The van der Waals surface area contributed by atoms with Crippen LogP contribution in [0.15, 0.2) is 53.5 Å². The summed E-state index contributed by atoms with van der Waals surface area (Å²) in [5.41, 5.74) is 3.43. The number of hydrogen-bond donors (Lipinski definition) is 0. The van der Waals surface area contributed by atoms with E-state index >= 15 is 0 Å². The summed E-state index contributed by atoms with van der Waals surface area (Å²) in [6, 6.07) is 15.7. The van der Waals surface area contributed by atoms with E-state index in [1.54, 1.807) is 11.8 Å². The van der Waals surface area contributed by atoms with Crippen LogP contribution in [0.25, 0.3) is 0 Å². The fourth-order valence-electron chi connectivity index (χ4n) is 3.62. The van der Waals surface area contributed by atoms with Gasteiger partial charge in [0.15, 0.2) is 15.0 Å². The highest BCUT2D eigenvalue weighted by Crippen LogP contribution is 2.35. The Hall–Kier alpha value is -1.99. The van der Waals surface area contributed by atoms with E-state index in [4.69, 9.17) is 9.73 Å². The lowest BCUT2D eigenvalue weighted by molar-refractivity contribution is 0.344. The lowest BCUT2D eigenvalue weighted by atomic mass is 10.1. The van der Waals surface area contributed by atoms with E-state index in [-0.39, 0.29) is 23.6 Å². The van der Waals surface area contributed by atoms with E-state index in [2.05, 4.69) is 36.9 Å². The summed E-state index contributed by atoms with van der Waals surface area (Å²) < 4.78 is 30.1. The number of para-hydroxylation sites is 1. The highest BCUT2D eigenvalue weighted by Gasteiger charge is 2.47. The minimum Gasteiger partial charge on any atom is -0.493 e. The van der Waals surface area contributed by atoms with Gasteiger partial charge in [0.1, 0.15) is 5.75 Å². The van der Waals surface area contributed by atoms with Crippen molar-refractivity contribution >= 4 is 32.5 Å². The zero-order valence-electron chi connectivity index (χ0n) is 16.0. The van der Waals surface area contributed by atoms with Gasteiger partial charge in [-0.25, -0.2) is 8.42 Å². The first-order valence-corrected chi connectivity index (χ1v) is 12.2. The molecule has 4 rings (SSSR count). The fourth-order valence-corrected chi connectivity index (χ4v) is 6.40. The molecule has 2 heterocycles. The Labute approximate surface area is 170 Å². The van der Waals surface area contributed by atoms with Crippen LogP contribution in [0.1, 0.15) is 11.1 Å². The molecule has 0 amide bonds. The van der Waals surface area contributed by atoms with Crippen molar-refractivity contribution in [2.45, 2.75) is 25.9 Å². The van der Waals surface area contributed by atoms with E-state index in [9.17, 15) is 8.42 Å². The van der Waals surface area contributed by atoms with Crippen molar-refractivity contribution in [1.29, 1.82) is 0 Å². The van der Waals surface area contributed by atoms with Gasteiger partial charge in [-0.1, -0.05) is 36.0 Å². The van der Waals surface area contributed by atoms with Gasteiger partial charge < -0.3 is 9.64 Å². The number of fused-ring (bicyclic) bond motifs is 1. The number of thioether (sulfide) groups is 1. The molecule has 0 N–H and O–H groups in total. The highest BCUT2D eigenvalue weighted by atomic mass is 32.2. The Morgan fingerprint density at radius 1 is 1.11 bits per heavy atom. The average Bonchev–Trinajstić information content (AvgIpc) is 3.13. The third kappa shape index (κ3) is 4.05. The van der Waals surface area contributed by atoms with Gasteiger partial charge in [0, 0.05) is 11.4 Å². The smallest absolute Gasteiger partial charge is 0.164 e. The second-order valence-electron chi connectivity index (χ2n) is 7.27. The molecule has 2 aromatic rings. The predicted molar refractivity (Wildman–Crippen MR) is 116 cm³/mol. The number of aryl methyl sites for hydroxylation is 2. The molecule has 0 spiro atoms. The summed E-state index contributed by atoms with van der Waals surface area (Å²) in [5, 5.41) is 0.893. The largest absolute Gasteiger partial charge is 0.493 e. The minimum absolute atomic E-state index is 0.107. The monoisotopic (exact) mass is 416 g/mol. The first-order chi connectivity index (χ1) is 13.4. The van der Waals surface area contributed by atoms with E-state index in [0.717, 1.165) is 22.4 Å². The topological polar surface area (TPSA) is 59.0 Å². The number of aliphatic imine (C=N–C) groups is 1. The van der Waals surface area contributed by atoms with Gasteiger partial charge in [-0.05, 0) is 49.2 Å². The minimum atomic E-state index is -3.03. The summed E-state index contributed by atoms with van der Waals surface area (Å²) in [6.07, 6.45) is 0. The van der Waals surface area contributed by atoms with Crippen molar-refractivity contribution in [2.24, 2.45) is 4.99 Å². The first-order valence-electron chi connectivity index (χ1n) is 9.38. The van der Waals surface area contributed by atoms with Crippen molar-refractivity contribution < 1.29 is 13.2 Å². The van der Waals surface area contributed by atoms with Crippen LogP contribution in [0.4, 0.5) is 5.69 Å². The molecule has 2 atom stereocenters. The van der Waals surface area contributed by atoms with E-state index < -0.39 is 9.84 Å². The molecule has 5 nitrogen and oxygen atoms in total. The van der Waals surface area contributed by atoms with E-state index in [1.165, 1.54) is 11.1 Å². The second-order valence-corrected chi connectivity index (χ2v) is 10.5. The quantitative estimate of drug-likeness (QED) is 0.699. The van der Waals surface area contributed by atoms with Crippen LogP contribution in [0, 0.1) is 13.8 Å². The maximum Gasteiger partial charge on any atom is 0.164 e. The van der Waals surface area contributed by atoms with Crippen LogP contribution in [0.3, 0.4) is 0 Å². The molecule has 1 saturated heterocycles. The lowest BCUT2D eigenvalue weighted by Gasteiger charge is -2.27. The summed E-state index contributed by atoms with van der Waals surface area (Å²) >= 11 is 1.63. The normalized spacial score (nSPS) is 22.8. The molecule has 2 aliphatic heterocycles. The van der Waals surface area contributed by atoms with Gasteiger partial charge in [-0.15, -0.1) is 0 Å². The Kier molecular flexibility index (Phi) is 5.38. The number of anilines is 1. The van der Waals surface area contributed by atoms with Gasteiger partial charge in [-0.2, -0.15) is 0 Å². The number of rotatable bonds is 5. The SMILES string of the molecule is Cc1ccc(N2C(SCCOc3ccccc3)=N[C@H]3CS(=O)(=O)C[C@@H]32)cc1C. The van der Waals surface area contributed by atoms with Crippen molar-refractivity contribution in [1.82, 2.24) is 0 Å². The molecule has 2 aliphatic rings. The number of sulfone groups is 1. The molecule has 0 unspecified atom stereocenters. The molecule has 0 radical (unpaired) electrons. The van der Waals surface area contributed by atoms with Gasteiger partial charge >= 0.3 is 0 Å². The Balaban J connectivity index is 1.49. The molecular weight excluding hydrogens is 392 g/mol. The van der Waals surface area contributed by atoms with Crippen LogP contribution in [0.5, 0.6) is 5.75 Å². The van der Waals surface area contributed by atoms with Crippen molar-refractivity contribution in [3.05, 3.63) is 59.7 Å². The lowest BCUT2D eigenvalue weighted by Crippen LogP contribution is -2.39. The maximum atomic E-state index is 12.1. The summed E-state index contributed by atoms with van der Waals surface area (Å²) in [6.45, 7) is 4.73. The Morgan fingerprint density at radius 3 is 2.64 bits per heavy atom. The second kappa shape index (κ2) is 7.79. The van der Waals surface area contributed by atoms with Crippen molar-refractivity contribution in [3.8, 4) is 5.75 Å². The van der Waals surface area contributed by atoms with Gasteiger partial charge in [0.05, 0.1) is 30.2 Å². The molecular formula is C21H24N2O3S2. The van der Waals surface area contributed by atoms with Crippen molar-refractivity contribution in [2.75, 3.05) is 28.8 Å². The maximum absolute atomic E-state index is 12.1. The molecule has 0 aliphatic carbocycles. The molecule has 28 heavy (non-hydrogen) atoms. The first kappa shape index (κ1) is 19.3. The average molecular weight is 417 g/mol. The van der Waals surface area contributed by atoms with Gasteiger partial charge in [0.25, 0.3) is 0 Å². The molecule has 0 aromatic heterocycles. The molecule has 0 bridgehead atoms. The van der Waals surface area contributed by atoms with Crippen LogP contribution in [-0.2, 0) is 9.84 Å². The molecule has 0 saturated carbocycles. The number of nitrogens with zero attached hydrogens (tertiary/aromatic N) is 2. The third-order valence-corrected chi connectivity index (χ3v) is 7.83. The molecule has 148 valence electrons. The van der Waals surface area contributed by atoms with Crippen LogP contribution >= 0.6 is 11.8 Å². The van der Waals surface area contributed by atoms with Crippen LogP contribution in [0.2, 0.25) is 0 Å². The van der Waals surface area contributed by atoms with Crippen LogP contribution < -0.4 is 9.64 Å². The van der Waals surface area contributed by atoms with Crippen molar-refractivity contribution in [3.63, 3.8) is 0 Å². The molecule has 2 aromatic carbocycles. The highest BCUT2D eigenvalue weighted by molar-refractivity contribution is 8.14. The fraction of sp³-hybridized carbons (Fsp3) is 0.381. The Morgan fingerprint density at radius 2 is 1.89 bits per heavy atom. The number of ether oxygens (including phenoxy) is 1. The van der Waals surface area contributed by atoms with Gasteiger partial charge in [-0.3, -0.25) is 4.99 Å². The third-order valence-electron chi connectivity index (χ3n) is 5.20. The summed E-state index contributed by atoms with van der Waals surface area (Å²) in [5.74, 6) is 1.91. The van der Waals surface area contributed by atoms with Crippen LogP contribution in [-0.4, -0.2) is 49.5 Å². The number of amidine groups is 1. The zero-order chi connectivity index (χ0) is 19.7. The molecule has 7 heteroatoms. The Bertz CT molecular complexity index is 990. The number of benzene rings is 2. The standard InChI is InChI=1S/C21H24N2O3S2/c1-15-8-9-17(12-16(15)2)23-20-14-28(24,25)13-19(20)22-21(23)27-11-10-26-18-6-4-3-5-7-18/h3-9,12,19-20H,10-11,13-14H2,1-2H3/t19-,20-/m0/s1. The zero-order valence-corrected chi connectivity index (χ0v) is 17.7. The summed E-state index contributed by atoms with van der Waals surface area (Å²) in [4.78, 5) is 6.89. The van der Waals surface area contributed by atoms with Gasteiger partial charge in [0.2, 0.25) is 0 Å². The predicted octanol–water partition coefficient (Wildman–Crippen LogP) is 3.46. The van der Waals surface area contributed by atoms with E-state index in [0.29, 0.717) is 6.61 Å². The molecule has 1 fully saturated rings. The summed E-state index contributed by atoms with van der Waals surface area (Å²) in [7, 11) is -3.03.